The Morgan fingerprint density at radius 2 is 1.39 bits per heavy atom. The van der Waals surface area contributed by atoms with Crippen molar-refractivity contribution in [3.8, 4) is 0 Å². The molecule has 0 saturated heterocycles. The minimum absolute atomic E-state index is 0.841. The second kappa shape index (κ2) is 5.82. The maximum atomic E-state index is 11.7. The van der Waals surface area contributed by atoms with Gasteiger partial charge < -0.3 is 23.6 Å². The van der Waals surface area contributed by atoms with Crippen LogP contribution in [0.15, 0.2) is 0 Å². The van der Waals surface area contributed by atoms with Crippen LogP contribution in [0.5, 0.6) is 0 Å². The van der Waals surface area contributed by atoms with Gasteiger partial charge in [0.05, 0.1) is 0 Å². The predicted molar refractivity (Wildman–Crippen MR) is 63.3 cm³/mol. The molecule has 0 rings (SSSR count). The van der Waals surface area contributed by atoms with Crippen molar-refractivity contribution in [2.45, 2.75) is 31.8 Å². The Morgan fingerprint density at radius 1 is 1.06 bits per heavy atom. The van der Waals surface area contributed by atoms with E-state index < -0.39 is 32.2 Å². The number of ether oxygens (including phenoxy) is 1. The van der Waals surface area contributed by atoms with Crippen molar-refractivity contribution in [1.82, 2.24) is 0 Å². The van der Waals surface area contributed by atoms with E-state index in [1.807, 2.05) is 0 Å². The number of hydrogen-bond acceptors (Lipinski definition) is 6. The fraction of sp³-hybridized carbons (Fsp3) is 0.875. The molecule has 2 atom stereocenters. The van der Waals surface area contributed by atoms with E-state index in [9.17, 15) is 23.7 Å². The van der Waals surface area contributed by atoms with Crippen LogP contribution in [-0.4, -0.2) is 41.0 Å². The summed E-state index contributed by atoms with van der Waals surface area (Å²) in [6.07, 6.45) is 0. The largest absolute Gasteiger partial charge is 0.459 e. The second-order valence-corrected chi connectivity index (χ2v) is 8.83. The molecule has 18 heavy (non-hydrogen) atoms. The number of esters is 1. The van der Waals surface area contributed by atoms with E-state index in [0.29, 0.717) is 0 Å². The molecular formula is C8H18O8P2. The van der Waals surface area contributed by atoms with Gasteiger partial charge in [-0.2, -0.15) is 0 Å². The number of carbonyl (C=O) groups is 1. The van der Waals surface area contributed by atoms with Crippen molar-refractivity contribution < 1.29 is 37.5 Å². The monoisotopic (exact) mass is 304 g/mol. The summed E-state index contributed by atoms with van der Waals surface area (Å²) in [6.45, 7) is 4.52. The minimum Gasteiger partial charge on any atom is -0.459 e. The van der Waals surface area contributed by atoms with E-state index in [1.165, 1.54) is 20.8 Å². The zero-order chi connectivity index (χ0) is 14.8. The number of hydrogen-bond donors (Lipinski definition) is 2. The molecule has 2 N–H and O–H groups in total. The Bertz CT molecular complexity index is 374. The molecule has 0 aromatic rings. The smallest absolute Gasteiger partial charge is 0.354 e. The van der Waals surface area contributed by atoms with Crippen molar-refractivity contribution in [1.29, 1.82) is 0 Å². The van der Waals surface area contributed by atoms with Crippen molar-refractivity contribution in [2.75, 3.05) is 14.2 Å². The highest BCUT2D eigenvalue weighted by molar-refractivity contribution is 7.73. The minimum atomic E-state index is -4.68. The van der Waals surface area contributed by atoms with Gasteiger partial charge in [-0.3, -0.25) is 13.9 Å². The Kier molecular flexibility index (Phi) is 5.75. The SMILES string of the molecule is COP(=O)(O)C(C(=O)OC(C)(C)C)P(=O)(O)OC. The first-order valence-corrected chi connectivity index (χ1v) is 8.16. The topological polar surface area (TPSA) is 119 Å². The third kappa shape index (κ3) is 4.80. The maximum absolute atomic E-state index is 11.7. The van der Waals surface area contributed by atoms with Crippen molar-refractivity contribution in [3.05, 3.63) is 0 Å². The fourth-order valence-corrected chi connectivity index (χ4v) is 4.08. The van der Waals surface area contributed by atoms with Crippen molar-refractivity contribution in [3.63, 3.8) is 0 Å². The van der Waals surface area contributed by atoms with Crippen LogP contribution in [0.25, 0.3) is 0 Å². The van der Waals surface area contributed by atoms with Crippen LogP contribution in [0.2, 0.25) is 0 Å². The first-order valence-electron chi connectivity index (χ1n) is 4.86. The van der Waals surface area contributed by atoms with Gasteiger partial charge in [-0.25, -0.2) is 0 Å². The Balaban J connectivity index is 5.46. The van der Waals surface area contributed by atoms with E-state index >= 15 is 0 Å². The molecule has 0 aromatic heterocycles. The van der Waals surface area contributed by atoms with Crippen LogP contribution in [0.4, 0.5) is 0 Å². The van der Waals surface area contributed by atoms with Crippen molar-refractivity contribution >= 4 is 21.2 Å². The molecule has 0 saturated carbocycles. The molecular weight excluding hydrogens is 286 g/mol. The van der Waals surface area contributed by atoms with E-state index in [4.69, 9.17) is 4.74 Å². The molecule has 0 spiro atoms. The van der Waals surface area contributed by atoms with Gasteiger partial charge in [0.1, 0.15) is 5.60 Å². The van der Waals surface area contributed by atoms with Gasteiger partial charge in [-0.15, -0.1) is 0 Å². The van der Waals surface area contributed by atoms with Crippen LogP contribution < -0.4 is 0 Å². The summed E-state index contributed by atoms with van der Waals surface area (Å²) < 4.78 is 36.5. The van der Waals surface area contributed by atoms with Crippen LogP contribution in [-0.2, 0) is 27.7 Å². The summed E-state index contributed by atoms with van der Waals surface area (Å²) in [4.78, 5) is 30.6. The lowest BCUT2D eigenvalue weighted by molar-refractivity contribution is -0.153. The molecule has 2 unspecified atom stereocenters. The quantitative estimate of drug-likeness (QED) is 0.576. The van der Waals surface area contributed by atoms with E-state index in [1.54, 1.807) is 0 Å². The third-order valence-electron chi connectivity index (χ3n) is 1.76. The number of carbonyl (C=O) groups excluding carboxylic acids is 1. The Labute approximate surface area is 105 Å². The molecule has 0 aromatic carbocycles. The number of rotatable bonds is 5. The highest BCUT2D eigenvalue weighted by Crippen LogP contribution is 2.65. The van der Waals surface area contributed by atoms with Crippen molar-refractivity contribution in [2.24, 2.45) is 0 Å². The van der Waals surface area contributed by atoms with Crippen LogP contribution >= 0.6 is 15.2 Å². The average Bonchev–Trinajstić information content (AvgIpc) is 2.14. The molecule has 10 heteroatoms. The predicted octanol–water partition coefficient (Wildman–Crippen LogP) is 1.32. The molecule has 108 valence electrons. The summed E-state index contributed by atoms with van der Waals surface area (Å²) in [5, 5.41) is -2.29. The zero-order valence-corrected chi connectivity index (χ0v) is 12.6. The molecule has 0 aliphatic rings. The average molecular weight is 304 g/mol. The van der Waals surface area contributed by atoms with Gasteiger partial charge >= 0.3 is 21.2 Å². The molecule has 0 amide bonds. The second-order valence-electron chi connectivity index (χ2n) is 4.40. The third-order valence-corrected chi connectivity index (χ3v) is 6.21. The van der Waals surface area contributed by atoms with Gasteiger partial charge in [0.25, 0.3) is 5.40 Å². The van der Waals surface area contributed by atoms with Gasteiger partial charge in [0.2, 0.25) is 0 Å². The standard InChI is InChI=1S/C8H18O8P2/c1-8(2,3)16-6(9)7(17(10,11)14-4)18(12,13)15-5/h7H,1-5H3,(H,10,11)(H,12,13). The highest BCUT2D eigenvalue weighted by atomic mass is 31.2. The van der Waals surface area contributed by atoms with Crippen LogP contribution in [0.1, 0.15) is 20.8 Å². The lowest BCUT2D eigenvalue weighted by Gasteiger charge is -2.26. The van der Waals surface area contributed by atoms with Crippen LogP contribution in [0, 0.1) is 0 Å². The van der Waals surface area contributed by atoms with Gasteiger partial charge in [-0.05, 0) is 20.8 Å². The van der Waals surface area contributed by atoms with E-state index in [0.717, 1.165) is 14.2 Å². The Morgan fingerprint density at radius 3 is 1.61 bits per heavy atom. The van der Waals surface area contributed by atoms with E-state index in [-0.39, 0.29) is 0 Å². The van der Waals surface area contributed by atoms with Crippen LogP contribution in [0.3, 0.4) is 0 Å². The molecule has 0 aliphatic carbocycles. The molecule has 0 heterocycles. The lowest BCUT2D eigenvalue weighted by Crippen LogP contribution is -2.32. The molecule has 0 bridgehead atoms. The van der Waals surface area contributed by atoms with Gasteiger partial charge in [0.15, 0.2) is 0 Å². The summed E-state index contributed by atoms with van der Waals surface area (Å²) in [6, 6.07) is 0. The first kappa shape index (κ1) is 17.8. The fourth-order valence-electron chi connectivity index (χ4n) is 1.00. The maximum Gasteiger partial charge on any atom is 0.354 e. The summed E-state index contributed by atoms with van der Waals surface area (Å²) in [5.74, 6) is -1.33. The van der Waals surface area contributed by atoms with E-state index in [2.05, 4.69) is 9.05 Å². The lowest BCUT2D eigenvalue weighted by atomic mass is 10.2. The highest BCUT2D eigenvalue weighted by Gasteiger charge is 2.53. The summed E-state index contributed by atoms with van der Waals surface area (Å²) in [5.41, 5.74) is -0.989. The zero-order valence-electron chi connectivity index (χ0n) is 10.8. The normalized spacial score (nSPS) is 20.6. The first-order chi connectivity index (χ1) is 7.87. The molecule has 8 nitrogen and oxygen atoms in total. The Hall–Kier alpha value is -0.230. The summed E-state index contributed by atoms with van der Waals surface area (Å²) >= 11 is 0. The van der Waals surface area contributed by atoms with Gasteiger partial charge in [0, 0.05) is 14.2 Å². The molecule has 0 fully saturated rings. The molecule has 0 aliphatic heterocycles. The summed E-state index contributed by atoms with van der Waals surface area (Å²) in [7, 11) is -7.67. The van der Waals surface area contributed by atoms with Gasteiger partial charge in [-0.1, -0.05) is 0 Å². The molecule has 0 radical (unpaired) electrons.